The maximum Gasteiger partial charge on any atom is 0.264 e. The second-order valence-corrected chi connectivity index (χ2v) is 13.1. The highest BCUT2D eigenvalue weighted by atomic mass is 32.2. The number of anilines is 1. The van der Waals surface area contributed by atoms with Crippen molar-refractivity contribution in [3.63, 3.8) is 0 Å². The van der Waals surface area contributed by atoms with E-state index in [9.17, 15) is 22.4 Å². The summed E-state index contributed by atoms with van der Waals surface area (Å²) in [7, 11) is -4.22. The summed E-state index contributed by atoms with van der Waals surface area (Å²) in [5.74, 6) is -0.691. The Kier molecular flexibility index (Phi) is 11.9. The molecule has 0 aliphatic carbocycles. The van der Waals surface area contributed by atoms with Gasteiger partial charge in [0.1, 0.15) is 24.2 Å². The van der Waals surface area contributed by atoms with Gasteiger partial charge >= 0.3 is 0 Å². The maximum atomic E-state index is 14.5. The predicted octanol–water partition coefficient (Wildman–Crippen LogP) is 5.83. The average Bonchev–Trinajstić information content (AvgIpc) is 3.06. The molecular formula is C36H40FN3O5S. The molecule has 0 spiro atoms. The van der Waals surface area contributed by atoms with Crippen LogP contribution in [0.2, 0.25) is 0 Å². The quantitative estimate of drug-likeness (QED) is 0.176. The normalized spacial score (nSPS) is 11.9. The summed E-state index contributed by atoms with van der Waals surface area (Å²) in [4.78, 5) is 29.7. The summed E-state index contributed by atoms with van der Waals surface area (Å²) in [5, 5.41) is 2.95. The molecule has 0 radical (unpaired) electrons. The lowest BCUT2D eigenvalue weighted by Crippen LogP contribution is -2.53. The zero-order valence-electron chi connectivity index (χ0n) is 26.3. The number of hydrogen-bond donors (Lipinski definition) is 1. The molecule has 4 rings (SSSR count). The Morgan fingerprint density at radius 2 is 1.43 bits per heavy atom. The molecule has 1 N–H and O–H groups in total. The number of halogens is 1. The molecule has 0 fully saturated rings. The number of rotatable bonds is 15. The second kappa shape index (κ2) is 16.0. The zero-order valence-corrected chi connectivity index (χ0v) is 27.1. The third-order valence-electron chi connectivity index (χ3n) is 7.27. The van der Waals surface area contributed by atoms with Crippen LogP contribution < -0.4 is 14.4 Å². The zero-order chi connectivity index (χ0) is 33.1. The first-order valence-electron chi connectivity index (χ1n) is 15.2. The van der Waals surface area contributed by atoms with Crippen molar-refractivity contribution in [2.24, 2.45) is 5.92 Å². The van der Waals surface area contributed by atoms with Gasteiger partial charge in [-0.1, -0.05) is 74.5 Å². The molecule has 10 heteroatoms. The molecule has 1 atom stereocenters. The van der Waals surface area contributed by atoms with Gasteiger partial charge in [-0.2, -0.15) is 0 Å². The number of sulfonamides is 1. The molecule has 0 unspecified atom stereocenters. The van der Waals surface area contributed by atoms with Crippen molar-refractivity contribution in [1.82, 2.24) is 10.2 Å². The first kappa shape index (κ1) is 34.2. The third kappa shape index (κ3) is 9.17. The SMILES string of the molecule is CCOc1ccc(N(CC(=O)N(Cc2ccc(F)cc2)[C@H](Cc2ccccc2)C(=O)NCC(C)C)S(=O)(=O)c2ccccc2)cc1. The first-order valence-corrected chi connectivity index (χ1v) is 16.7. The fourth-order valence-electron chi connectivity index (χ4n) is 4.89. The van der Waals surface area contributed by atoms with E-state index in [0.29, 0.717) is 24.5 Å². The fraction of sp³-hybridized carbons (Fsp3) is 0.278. The largest absolute Gasteiger partial charge is 0.494 e. The highest BCUT2D eigenvalue weighted by molar-refractivity contribution is 7.92. The minimum absolute atomic E-state index is 0.0114. The Balaban J connectivity index is 1.78. The first-order chi connectivity index (χ1) is 22.1. The Hall–Kier alpha value is -4.70. The van der Waals surface area contributed by atoms with Crippen LogP contribution in [0, 0.1) is 11.7 Å². The minimum atomic E-state index is -4.22. The van der Waals surface area contributed by atoms with Crippen LogP contribution in [-0.2, 0) is 32.6 Å². The van der Waals surface area contributed by atoms with Crippen LogP contribution in [0.4, 0.5) is 10.1 Å². The molecule has 0 aliphatic heterocycles. The highest BCUT2D eigenvalue weighted by Crippen LogP contribution is 2.27. The van der Waals surface area contributed by atoms with Crippen LogP contribution in [0.25, 0.3) is 0 Å². The van der Waals surface area contributed by atoms with E-state index in [1.54, 1.807) is 54.6 Å². The van der Waals surface area contributed by atoms with Crippen molar-refractivity contribution >= 4 is 27.5 Å². The lowest BCUT2D eigenvalue weighted by molar-refractivity contribution is -0.140. The van der Waals surface area contributed by atoms with E-state index in [1.165, 1.54) is 29.2 Å². The highest BCUT2D eigenvalue weighted by Gasteiger charge is 2.34. The third-order valence-corrected chi connectivity index (χ3v) is 9.06. The number of nitrogens with one attached hydrogen (secondary N) is 1. The van der Waals surface area contributed by atoms with Crippen LogP contribution in [0.1, 0.15) is 31.9 Å². The average molecular weight is 646 g/mol. The van der Waals surface area contributed by atoms with E-state index in [-0.39, 0.29) is 35.4 Å². The number of benzene rings is 4. The van der Waals surface area contributed by atoms with Crippen molar-refractivity contribution in [2.75, 3.05) is 24.0 Å². The Bertz CT molecular complexity index is 1670. The molecule has 8 nitrogen and oxygen atoms in total. The van der Waals surface area contributed by atoms with E-state index in [0.717, 1.165) is 9.87 Å². The van der Waals surface area contributed by atoms with Crippen LogP contribution in [0.5, 0.6) is 5.75 Å². The van der Waals surface area contributed by atoms with E-state index >= 15 is 0 Å². The summed E-state index contributed by atoms with van der Waals surface area (Å²) in [6.45, 7) is 5.97. The van der Waals surface area contributed by atoms with E-state index < -0.39 is 34.3 Å². The molecule has 0 aromatic heterocycles. The topological polar surface area (TPSA) is 96.0 Å². The summed E-state index contributed by atoms with van der Waals surface area (Å²) < 4.78 is 48.6. The number of ether oxygens (including phenoxy) is 1. The van der Waals surface area contributed by atoms with Crippen molar-refractivity contribution in [2.45, 2.75) is 44.7 Å². The molecule has 0 bridgehead atoms. The monoisotopic (exact) mass is 645 g/mol. The van der Waals surface area contributed by atoms with Gasteiger partial charge in [0.2, 0.25) is 11.8 Å². The van der Waals surface area contributed by atoms with Crippen molar-refractivity contribution < 1.29 is 27.1 Å². The van der Waals surface area contributed by atoms with Crippen molar-refractivity contribution in [1.29, 1.82) is 0 Å². The number of amides is 2. The summed E-state index contributed by atoms with van der Waals surface area (Å²) >= 11 is 0. The van der Waals surface area contributed by atoms with Gasteiger partial charge in [-0.05, 0) is 72.5 Å². The maximum absolute atomic E-state index is 14.5. The van der Waals surface area contributed by atoms with E-state index in [1.807, 2.05) is 51.1 Å². The molecule has 46 heavy (non-hydrogen) atoms. The Morgan fingerprint density at radius 3 is 2.02 bits per heavy atom. The number of carbonyl (C=O) groups excluding carboxylic acids is 2. The Labute approximate surface area is 270 Å². The molecule has 0 saturated carbocycles. The van der Waals surface area contributed by atoms with Crippen molar-refractivity contribution in [3.8, 4) is 5.75 Å². The van der Waals surface area contributed by atoms with Gasteiger partial charge in [-0.3, -0.25) is 13.9 Å². The van der Waals surface area contributed by atoms with Crippen LogP contribution >= 0.6 is 0 Å². The van der Waals surface area contributed by atoms with Gasteiger partial charge in [0.05, 0.1) is 17.2 Å². The number of carbonyl (C=O) groups is 2. The lowest BCUT2D eigenvalue weighted by atomic mass is 10.0. The predicted molar refractivity (Wildman–Crippen MR) is 177 cm³/mol. The van der Waals surface area contributed by atoms with Gasteiger partial charge < -0.3 is 15.0 Å². The van der Waals surface area contributed by atoms with Gasteiger partial charge in [0.25, 0.3) is 10.0 Å². The molecule has 0 aliphatic rings. The van der Waals surface area contributed by atoms with Crippen LogP contribution in [0.3, 0.4) is 0 Å². The smallest absolute Gasteiger partial charge is 0.264 e. The number of hydrogen-bond acceptors (Lipinski definition) is 5. The molecular weight excluding hydrogens is 605 g/mol. The number of nitrogens with zero attached hydrogens (tertiary/aromatic N) is 2. The Morgan fingerprint density at radius 1 is 0.826 bits per heavy atom. The standard InChI is InChI=1S/C36H40FN3O5S/c1-4-45-32-21-19-31(20-22-32)40(46(43,44)33-13-9-6-10-14-33)26-35(41)39(25-29-15-17-30(37)18-16-29)34(36(42)38-24-27(2)3)23-28-11-7-5-8-12-28/h5-22,27,34H,4,23-26H2,1-3H3,(H,38,42)/t34-/m1/s1. The molecule has 0 heterocycles. The van der Waals surface area contributed by atoms with E-state index in [2.05, 4.69) is 5.32 Å². The minimum Gasteiger partial charge on any atom is -0.494 e. The molecule has 4 aromatic rings. The fourth-order valence-corrected chi connectivity index (χ4v) is 6.32. The second-order valence-electron chi connectivity index (χ2n) is 11.2. The molecule has 2 amide bonds. The molecule has 4 aromatic carbocycles. The van der Waals surface area contributed by atoms with Crippen molar-refractivity contribution in [3.05, 3.63) is 126 Å². The van der Waals surface area contributed by atoms with Gasteiger partial charge in [0.15, 0.2) is 0 Å². The van der Waals surface area contributed by atoms with Gasteiger partial charge in [-0.15, -0.1) is 0 Å². The van der Waals surface area contributed by atoms with Gasteiger partial charge in [0, 0.05) is 19.5 Å². The summed E-state index contributed by atoms with van der Waals surface area (Å²) in [6, 6.07) is 28.3. The lowest BCUT2D eigenvalue weighted by Gasteiger charge is -2.34. The van der Waals surface area contributed by atoms with Crippen LogP contribution in [-0.4, -0.2) is 50.9 Å². The van der Waals surface area contributed by atoms with E-state index in [4.69, 9.17) is 4.74 Å². The molecule has 242 valence electrons. The molecule has 0 saturated heterocycles. The summed E-state index contributed by atoms with van der Waals surface area (Å²) in [6.07, 6.45) is 0.187. The van der Waals surface area contributed by atoms with Crippen LogP contribution in [0.15, 0.2) is 114 Å². The van der Waals surface area contributed by atoms with Gasteiger partial charge in [-0.25, -0.2) is 12.8 Å². The summed E-state index contributed by atoms with van der Waals surface area (Å²) in [5.41, 5.74) is 1.67.